The first-order chi connectivity index (χ1) is 22.4. The normalized spacial score (nSPS) is 12.0. The summed E-state index contributed by atoms with van der Waals surface area (Å²) in [5.74, 6) is 2.62. The number of fused-ring (bicyclic) bond motifs is 12. The van der Waals surface area contributed by atoms with Gasteiger partial charge in [-0.25, -0.2) is 15.0 Å². The van der Waals surface area contributed by atoms with Crippen LogP contribution in [0.1, 0.15) is 0 Å². The van der Waals surface area contributed by atoms with Crippen LogP contribution in [0, 0.1) is 0 Å². The Morgan fingerprint density at radius 3 is 0.889 bits per heavy atom. The molecular formula is C39H24N6. The van der Waals surface area contributed by atoms with E-state index < -0.39 is 0 Å². The molecule has 45 heavy (non-hydrogen) atoms. The molecule has 0 N–H and O–H groups in total. The fraction of sp³-hybridized carbons (Fsp3) is 0. The minimum Gasteiger partial charge on any atom is -0.293 e. The Balaban J connectivity index is 1.63. The summed E-state index contributed by atoms with van der Waals surface area (Å²) in [6.07, 6.45) is 5.61. The predicted molar refractivity (Wildman–Crippen MR) is 183 cm³/mol. The zero-order chi connectivity index (χ0) is 29.5. The Kier molecular flexibility index (Phi) is 4.90. The molecule has 10 aromatic rings. The van der Waals surface area contributed by atoms with Gasteiger partial charge in [-0.15, -0.1) is 0 Å². The van der Waals surface area contributed by atoms with E-state index in [9.17, 15) is 0 Å². The molecule has 6 heterocycles. The van der Waals surface area contributed by atoms with Crippen molar-refractivity contribution < 1.29 is 0 Å². The third-order valence-corrected chi connectivity index (χ3v) is 8.97. The minimum absolute atomic E-state index is 0.875. The first-order valence-corrected chi connectivity index (χ1v) is 15.1. The summed E-state index contributed by atoms with van der Waals surface area (Å²) in [7, 11) is 0. The summed E-state index contributed by atoms with van der Waals surface area (Å²) in [5, 5.41) is 7.01. The molecule has 0 aliphatic rings. The van der Waals surface area contributed by atoms with Crippen LogP contribution in [0.25, 0.3) is 82.9 Å². The van der Waals surface area contributed by atoms with Crippen LogP contribution in [0.2, 0.25) is 0 Å². The molecule has 0 saturated carbocycles. The molecular weight excluding hydrogens is 552 g/mol. The van der Waals surface area contributed by atoms with Gasteiger partial charge in [0.05, 0.1) is 33.1 Å². The van der Waals surface area contributed by atoms with Gasteiger partial charge in [-0.2, -0.15) is 0 Å². The highest BCUT2D eigenvalue weighted by Crippen LogP contribution is 2.49. The van der Waals surface area contributed by atoms with Gasteiger partial charge in [0, 0.05) is 50.9 Å². The Morgan fingerprint density at radius 1 is 0.311 bits per heavy atom. The van der Waals surface area contributed by atoms with Crippen LogP contribution < -0.4 is 0 Å². The van der Waals surface area contributed by atoms with Gasteiger partial charge in [0.1, 0.15) is 17.5 Å². The van der Waals surface area contributed by atoms with Gasteiger partial charge in [-0.1, -0.05) is 72.8 Å². The van der Waals surface area contributed by atoms with Crippen molar-refractivity contribution in [3.63, 3.8) is 0 Å². The van der Waals surface area contributed by atoms with Crippen LogP contribution >= 0.6 is 0 Å². The molecule has 0 aliphatic carbocycles. The van der Waals surface area contributed by atoms with Crippen LogP contribution in [0.3, 0.4) is 0 Å². The molecule has 0 unspecified atom stereocenters. The first-order valence-electron chi connectivity index (χ1n) is 15.1. The number of rotatable bonds is 3. The molecule has 0 spiro atoms. The van der Waals surface area contributed by atoms with Crippen molar-refractivity contribution in [2.75, 3.05) is 0 Å². The van der Waals surface area contributed by atoms with Gasteiger partial charge < -0.3 is 0 Å². The average molecular weight is 577 g/mol. The number of para-hydroxylation sites is 3. The van der Waals surface area contributed by atoms with Crippen LogP contribution in [0.5, 0.6) is 0 Å². The summed E-state index contributed by atoms with van der Waals surface area (Å²) >= 11 is 0. The Bertz CT molecular complexity index is 2400. The lowest BCUT2D eigenvalue weighted by atomic mass is 10.0. The summed E-state index contributed by atoms with van der Waals surface area (Å²) in [5.41, 5.74) is 6.65. The van der Waals surface area contributed by atoms with Crippen molar-refractivity contribution in [3.8, 4) is 17.5 Å². The number of pyridine rings is 3. The van der Waals surface area contributed by atoms with Crippen LogP contribution in [-0.4, -0.2) is 28.7 Å². The van der Waals surface area contributed by atoms with Gasteiger partial charge >= 0.3 is 0 Å². The molecule has 210 valence electrons. The smallest absolute Gasteiger partial charge is 0.137 e. The maximum absolute atomic E-state index is 4.90. The van der Waals surface area contributed by atoms with Gasteiger partial charge in [0.2, 0.25) is 0 Å². The van der Waals surface area contributed by atoms with E-state index in [1.54, 1.807) is 0 Å². The lowest BCUT2D eigenvalue weighted by molar-refractivity contribution is 1.07. The van der Waals surface area contributed by atoms with E-state index in [2.05, 4.69) is 123 Å². The van der Waals surface area contributed by atoms with E-state index in [1.165, 1.54) is 32.3 Å². The second-order valence-electron chi connectivity index (χ2n) is 11.3. The Labute approximate surface area is 257 Å². The zero-order valence-electron chi connectivity index (χ0n) is 24.0. The minimum atomic E-state index is 0.875. The molecule has 0 amide bonds. The van der Waals surface area contributed by atoms with Gasteiger partial charge in [-0.05, 0) is 54.6 Å². The van der Waals surface area contributed by atoms with E-state index in [-0.39, 0.29) is 0 Å². The van der Waals surface area contributed by atoms with Crippen molar-refractivity contribution in [1.82, 2.24) is 28.7 Å². The zero-order valence-corrected chi connectivity index (χ0v) is 24.0. The molecule has 0 bridgehead atoms. The topological polar surface area (TPSA) is 53.5 Å². The molecule has 6 aromatic heterocycles. The summed E-state index contributed by atoms with van der Waals surface area (Å²) < 4.78 is 7.01. The molecule has 0 aliphatic heterocycles. The van der Waals surface area contributed by atoms with Crippen molar-refractivity contribution in [3.05, 3.63) is 146 Å². The summed E-state index contributed by atoms with van der Waals surface area (Å²) in [4.78, 5) is 14.7. The lowest BCUT2D eigenvalue weighted by Gasteiger charge is -2.12. The maximum atomic E-state index is 4.90. The summed E-state index contributed by atoms with van der Waals surface area (Å²) in [6, 6.07) is 44.4. The third kappa shape index (κ3) is 3.20. The van der Waals surface area contributed by atoms with Gasteiger partial charge in [0.15, 0.2) is 0 Å². The number of hydrogen-bond acceptors (Lipinski definition) is 3. The fourth-order valence-corrected chi connectivity index (χ4v) is 7.32. The van der Waals surface area contributed by atoms with Crippen molar-refractivity contribution in [2.45, 2.75) is 0 Å². The van der Waals surface area contributed by atoms with E-state index >= 15 is 0 Å². The highest BCUT2D eigenvalue weighted by Gasteiger charge is 2.29. The van der Waals surface area contributed by atoms with Crippen LogP contribution in [-0.2, 0) is 0 Å². The summed E-state index contributed by atoms with van der Waals surface area (Å²) in [6.45, 7) is 0. The SMILES string of the molecule is c1ccc(-n2c3ccccc3c3c2c2c4ccccc4n(-c4ccccn4)c2c2c4ccccc4n(-c4ccccn4)c32)nc1. The quantitative estimate of drug-likeness (QED) is 0.211. The molecule has 0 saturated heterocycles. The molecule has 0 atom stereocenters. The van der Waals surface area contributed by atoms with E-state index in [0.717, 1.165) is 50.6 Å². The standard InChI is InChI=1S/C39H24N6/c1-4-16-28-25(13-1)34-37(43(28)31-19-7-10-22-40-31)35-27-15-3-6-18-30(27)45(33-21-9-12-24-42-33)39(35)36-26-14-2-5-17-29(26)44(38(34)36)32-20-8-11-23-41-32/h1-24H. The van der Waals surface area contributed by atoms with Crippen molar-refractivity contribution >= 4 is 65.4 Å². The first kappa shape index (κ1) is 24.2. The largest absolute Gasteiger partial charge is 0.293 e. The van der Waals surface area contributed by atoms with Gasteiger partial charge in [-0.3, -0.25) is 13.7 Å². The maximum Gasteiger partial charge on any atom is 0.137 e. The highest BCUT2D eigenvalue weighted by atomic mass is 15.1. The predicted octanol–water partition coefficient (Wildman–Crippen LogP) is 9.16. The second kappa shape index (κ2) is 9.11. The molecule has 6 heteroatoms. The van der Waals surface area contributed by atoms with Crippen LogP contribution in [0.15, 0.2) is 146 Å². The number of benzene rings is 4. The van der Waals surface area contributed by atoms with Crippen LogP contribution in [0.4, 0.5) is 0 Å². The van der Waals surface area contributed by atoms with E-state index in [4.69, 9.17) is 15.0 Å². The molecule has 10 rings (SSSR count). The van der Waals surface area contributed by atoms with E-state index in [1.807, 2.05) is 36.8 Å². The van der Waals surface area contributed by atoms with Crippen molar-refractivity contribution in [1.29, 1.82) is 0 Å². The number of aromatic nitrogens is 6. The Hall–Kier alpha value is -6.27. The number of nitrogens with zero attached hydrogens (tertiary/aromatic N) is 6. The highest BCUT2D eigenvalue weighted by molar-refractivity contribution is 6.40. The number of hydrogen-bond donors (Lipinski definition) is 0. The lowest BCUT2D eigenvalue weighted by Crippen LogP contribution is -2.00. The van der Waals surface area contributed by atoms with Crippen molar-refractivity contribution in [2.24, 2.45) is 0 Å². The van der Waals surface area contributed by atoms with E-state index in [0.29, 0.717) is 0 Å². The van der Waals surface area contributed by atoms with Gasteiger partial charge in [0.25, 0.3) is 0 Å². The monoisotopic (exact) mass is 576 g/mol. The third-order valence-electron chi connectivity index (χ3n) is 8.97. The molecule has 0 fully saturated rings. The average Bonchev–Trinajstić information content (AvgIpc) is 3.75. The molecule has 6 nitrogen and oxygen atoms in total. The second-order valence-corrected chi connectivity index (χ2v) is 11.3. The molecule has 0 radical (unpaired) electrons. The fourth-order valence-electron chi connectivity index (χ4n) is 7.32. The molecule has 4 aromatic carbocycles. The Morgan fingerprint density at radius 2 is 0.600 bits per heavy atom.